The van der Waals surface area contributed by atoms with E-state index in [-0.39, 0.29) is 6.42 Å². The van der Waals surface area contributed by atoms with Crippen LogP contribution in [0.5, 0.6) is 0 Å². The van der Waals surface area contributed by atoms with Crippen LogP contribution in [-0.2, 0) is 28.8 Å². The molecule has 0 aromatic heterocycles. The summed E-state index contributed by atoms with van der Waals surface area (Å²) >= 11 is 0. The highest BCUT2D eigenvalue weighted by atomic mass is 16.4. The second-order valence-corrected chi connectivity index (χ2v) is 5.27. The predicted octanol–water partition coefficient (Wildman–Crippen LogP) is -3.42. The van der Waals surface area contributed by atoms with Crippen molar-refractivity contribution in [2.45, 2.75) is 43.8 Å². The van der Waals surface area contributed by atoms with Gasteiger partial charge in [-0.05, 0) is 6.42 Å². The van der Waals surface area contributed by atoms with Crippen molar-refractivity contribution in [1.82, 2.24) is 10.6 Å². The van der Waals surface area contributed by atoms with Gasteiger partial charge in [-0.15, -0.1) is 0 Å². The Balaban J connectivity index is 5.05. The SMILES string of the molecule is NC(=O)CC(NC(=O)C(CC(=O)O)NC(=O)C(N)CCC(=O)O)C(=O)O. The Bertz CT molecular complexity index is 592. The van der Waals surface area contributed by atoms with E-state index < -0.39 is 73.0 Å². The van der Waals surface area contributed by atoms with Crippen LogP contribution in [0, 0.1) is 0 Å². The van der Waals surface area contributed by atoms with Gasteiger partial charge in [-0.1, -0.05) is 0 Å². The molecule has 0 saturated carbocycles. The number of rotatable bonds is 12. The third kappa shape index (κ3) is 9.17. The van der Waals surface area contributed by atoms with Crippen molar-refractivity contribution in [3.8, 4) is 0 Å². The number of carboxylic acids is 3. The standard InChI is InChI=1S/C13H20N4O9/c14-5(1-2-9(19)20)11(23)16-6(4-10(21)22)12(24)17-7(13(25)26)3-8(15)18/h5-7H,1-4,14H2,(H2,15,18)(H,16,23)(H,17,24)(H,19,20)(H,21,22)(H,25,26). The van der Waals surface area contributed by atoms with Gasteiger partial charge in [0.15, 0.2) is 0 Å². The molecule has 0 heterocycles. The van der Waals surface area contributed by atoms with Crippen LogP contribution in [-0.4, -0.2) is 69.1 Å². The largest absolute Gasteiger partial charge is 0.481 e. The fourth-order valence-corrected chi connectivity index (χ4v) is 1.75. The molecule has 9 N–H and O–H groups in total. The highest BCUT2D eigenvalue weighted by molar-refractivity contribution is 5.95. The van der Waals surface area contributed by atoms with Gasteiger partial charge >= 0.3 is 17.9 Å². The fraction of sp³-hybridized carbons (Fsp3) is 0.538. The van der Waals surface area contributed by atoms with Gasteiger partial charge in [0, 0.05) is 6.42 Å². The Labute approximate surface area is 146 Å². The summed E-state index contributed by atoms with van der Waals surface area (Å²) in [6.07, 6.45) is -2.33. The molecular weight excluding hydrogens is 356 g/mol. The Hall–Kier alpha value is -3.22. The summed E-state index contributed by atoms with van der Waals surface area (Å²) in [6, 6.07) is -4.73. The molecule has 3 atom stereocenters. The predicted molar refractivity (Wildman–Crippen MR) is 82.4 cm³/mol. The highest BCUT2D eigenvalue weighted by Gasteiger charge is 2.30. The second-order valence-electron chi connectivity index (χ2n) is 5.27. The molecule has 0 radical (unpaired) electrons. The monoisotopic (exact) mass is 376 g/mol. The number of hydrogen-bond acceptors (Lipinski definition) is 7. The summed E-state index contributed by atoms with van der Waals surface area (Å²) in [7, 11) is 0. The third-order valence-corrected chi connectivity index (χ3v) is 3.04. The number of primary amides is 1. The summed E-state index contributed by atoms with van der Waals surface area (Å²) in [5.41, 5.74) is 10.3. The summed E-state index contributed by atoms with van der Waals surface area (Å²) < 4.78 is 0. The summed E-state index contributed by atoms with van der Waals surface area (Å²) in [4.78, 5) is 67.0. The van der Waals surface area contributed by atoms with E-state index in [2.05, 4.69) is 0 Å². The minimum absolute atomic E-state index is 0.262. The van der Waals surface area contributed by atoms with Gasteiger partial charge < -0.3 is 37.4 Å². The number of nitrogens with one attached hydrogen (secondary N) is 2. The zero-order valence-corrected chi connectivity index (χ0v) is 13.5. The van der Waals surface area contributed by atoms with Crippen molar-refractivity contribution >= 4 is 35.6 Å². The molecule has 0 aliphatic rings. The van der Waals surface area contributed by atoms with Crippen molar-refractivity contribution in [3.05, 3.63) is 0 Å². The highest BCUT2D eigenvalue weighted by Crippen LogP contribution is 2.01. The molecule has 26 heavy (non-hydrogen) atoms. The first-order chi connectivity index (χ1) is 11.9. The smallest absolute Gasteiger partial charge is 0.326 e. The molecule has 0 aliphatic heterocycles. The van der Waals surface area contributed by atoms with Crippen LogP contribution >= 0.6 is 0 Å². The van der Waals surface area contributed by atoms with Crippen LogP contribution in [0.2, 0.25) is 0 Å². The van der Waals surface area contributed by atoms with Gasteiger partial charge in [-0.3, -0.25) is 24.0 Å². The molecule has 0 fully saturated rings. The van der Waals surface area contributed by atoms with Crippen LogP contribution in [0.1, 0.15) is 25.7 Å². The molecule has 0 saturated heterocycles. The topological polar surface area (TPSA) is 239 Å². The van der Waals surface area contributed by atoms with E-state index in [1.54, 1.807) is 0 Å². The summed E-state index contributed by atoms with van der Waals surface area (Å²) in [5, 5.41) is 30.2. The van der Waals surface area contributed by atoms with Crippen LogP contribution in [0.25, 0.3) is 0 Å². The number of nitrogens with two attached hydrogens (primary N) is 2. The molecule has 3 amide bonds. The third-order valence-electron chi connectivity index (χ3n) is 3.04. The van der Waals surface area contributed by atoms with Gasteiger partial charge in [0.1, 0.15) is 12.1 Å². The van der Waals surface area contributed by atoms with E-state index in [1.165, 1.54) is 0 Å². The zero-order chi connectivity index (χ0) is 20.4. The van der Waals surface area contributed by atoms with E-state index in [0.29, 0.717) is 0 Å². The van der Waals surface area contributed by atoms with E-state index >= 15 is 0 Å². The zero-order valence-electron chi connectivity index (χ0n) is 13.5. The normalized spacial score (nSPS) is 13.7. The van der Waals surface area contributed by atoms with Crippen molar-refractivity contribution in [2.24, 2.45) is 11.5 Å². The summed E-state index contributed by atoms with van der Waals surface area (Å²) in [6.45, 7) is 0. The van der Waals surface area contributed by atoms with Crippen LogP contribution in [0.3, 0.4) is 0 Å². The Morgan fingerprint density at radius 1 is 0.808 bits per heavy atom. The second kappa shape index (κ2) is 10.6. The van der Waals surface area contributed by atoms with Gasteiger partial charge in [0.25, 0.3) is 0 Å². The quantitative estimate of drug-likeness (QED) is 0.178. The number of carbonyl (C=O) groups excluding carboxylic acids is 3. The Morgan fingerprint density at radius 3 is 1.77 bits per heavy atom. The van der Waals surface area contributed by atoms with Gasteiger partial charge in [0.05, 0.1) is 18.9 Å². The Kier molecular flexibility index (Phi) is 9.29. The van der Waals surface area contributed by atoms with Crippen LogP contribution in [0.4, 0.5) is 0 Å². The first-order valence-corrected chi connectivity index (χ1v) is 7.25. The number of carbonyl (C=O) groups is 6. The maximum absolute atomic E-state index is 12.1. The average Bonchev–Trinajstić information content (AvgIpc) is 2.49. The molecule has 146 valence electrons. The molecule has 0 aromatic rings. The fourth-order valence-electron chi connectivity index (χ4n) is 1.75. The number of hydrogen-bond donors (Lipinski definition) is 7. The molecule has 0 bridgehead atoms. The van der Waals surface area contributed by atoms with Gasteiger partial charge in [-0.2, -0.15) is 0 Å². The van der Waals surface area contributed by atoms with Crippen molar-refractivity contribution < 1.29 is 44.1 Å². The van der Waals surface area contributed by atoms with E-state index in [4.69, 9.17) is 26.8 Å². The van der Waals surface area contributed by atoms with Crippen molar-refractivity contribution in [1.29, 1.82) is 0 Å². The number of carboxylic acid groups (broad SMARTS) is 3. The molecule has 13 heteroatoms. The minimum atomic E-state index is -1.71. The molecule has 0 aliphatic carbocycles. The van der Waals surface area contributed by atoms with Crippen molar-refractivity contribution in [3.63, 3.8) is 0 Å². The van der Waals surface area contributed by atoms with Gasteiger partial charge in [-0.25, -0.2) is 4.79 Å². The summed E-state index contributed by atoms with van der Waals surface area (Å²) in [5.74, 6) is -7.47. The lowest BCUT2D eigenvalue weighted by molar-refractivity contribution is -0.144. The molecule has 0 rings (SSSR count). The maximum atomic E-state index is 12.1. The van der Waals surface area contributed by atoms with Crippen molar-refractivity contribution in [2.75, 3.05) is 0 Å². The average molecular weight is 376 g/mol. The van der Waals surface area contributed by atoms with Crippen LogP contribution < -0.4 is 22.1 Å². The molecular formula is C13H20N4O9. The van der Waals surface area contributed by atoms with Gasteiger partial charge in [0.2, 0.25) is 17.7 Å². The lowest BCUT2D eigenvalue weighted by atomic mass is 10.1. The number of amides is 3. The maximum Gasteiger partial charge on any atom is 0.326 e. The molecule has 0 spiro atoms. The first kappa shape index (κ1) is 22.8. The minimum Gasteiger partial charge on any atom is -0.481 e. The molecule has 13 nitrogen and oxygen atoms in total. The lowest BCUT2D eigenvalue weighted by Crippen LogP contribution is -2.55. The van der Waals surface area contributed by atoms with Crippen LogP contribution in [0.15, 0.2) is 0 Å². The Morgan fingerprint density at radius 2 is 1.35 bits per heavy atom. The van der Waals surface area contributed by atoms with E-state index in [1.807, 2.05) is 10.6 Å². The molecule has 3 unspecified atom stereocenters. The lowest BCUT2D eigenvalue weighted by Gasteiger charge is -2.21. The first-order valence-electron chi connectivity index (χ1n) is 7.25. The van der Waals surface area contributed by atoms with E-state index in [9.17, 15) is 28.8 Å². The van der Waals surface area contributed by atoms with E-state index in [0.717, 1.165) is 0 Å². The number of aliphatic carboxylic acids is 3. The molecule has 0 aromatic carbocycles.